The second kappa shape index (κ2) is 13.7. The van der Waals surface area contributed by atoms with Crippen LogP contribution < -0.4 is 10.6 Å². The Kier molecular flexibility index (Phi) is 9.03. The molecule has 0 bridgehead atoms. The van der Waals surface area contributed by atoms with Crippen LogP contribution in [0.25, 0.3) is 22.8 Å². The van der Waals surface area contributed by atoms with Gasteiger partial charge in [0.25, 0.3) is 11.8 Å². The monoisotopic (exact) mass is 641 g/mol. The van der Waals surface area contributed by atoms with Crippen molar-refractivity contribution in [3.05, 3.63) is 54.7 Å². The number of nitrogens with zero attached hydrogens (tertiary/aromatic N) is 3. The Labute approximate surface area is 272 Å². The van der Waals surface area contributed by atoms with Crippen LogP contribution in [-0.4, -0.2) is 89.0 Å². The van der Waals surface area contributed by atoms with Crippen LogP contribution in [0.1, 0.15) is 51.4 Å². The first-order valence-electron chi connectivity index (χ1n) is 16.6. The lowest BCUT2D eigenvalue weighted by atomic mass is 10.1. The van der Waals surface area contributed by atoms with E-state index in [1.165, 1.54) is 0 Å². The zero-order valence-electron chi connectivity index (χ0n) is 26.2. The van der Waals surface area contributed by atoms with Crippen LogP contribution in [0.2, 0.25) is 0 Å². The molecule has 1 aromatic heterocycles. The van der Waals surface area contributed by atoms with E-state index in [1.807, 2.05) is 24.3 Å². The molecule has 4 fully saturated rings. The number of benzene rings is 2. The summed E-state index contributed by atoms with van der Waals surface area (Å²) in [7, 11) is 0. The van der Waals surface area contributed by atoms with Gasteiger partial charge in [-0.3, -0.25) is 19.2 Å². The molecule has 12 nitrogen and oxygen atoms in total. The van der Waals surface area contributed by atoms with Crippen molar-refractivity contribution in [2.75, 3.05) is 36.9 Å². The van der Waals surface area contributed by atoms with Crippen molar-refractivity contribution in [2.45, 2.75) is 75.7 Å². The summed E-state index contributed by atoms with van der Waals surface area (Å²) in [5.74, 6) is 0.416. The zero-order valence-corrected chi connectivity index (χ0v) is 26.2. The molecule has 7 rings (SSSR count). The number of aromatic nitrogens is 1. The number of hydrogen-bond acceptors (Lipinski definition) is 8. The van der Waals surface area contributed by atoms with Gasteiger partial charge in [0, 0.05) is 48.8 Å². The molecular formula is C35H39N5O7. The molecule has 0 aliphatic carbocycles. The molecule has 4 saturated heterocycles. The topological polar surface area (TPSA) is 143 Å². The number of hydrogen-bond donors (Lipinski definition) is 2. The average molecular weight is 642 g/mol. The van der Waals surface area contributed by atoms with Crippen LogP contribution in [0.3, 0.4) is 0 Å². The van der Waals surface area contributed by atoms with Crippen molar-refractivity contribution in [3.8, 4) is 22.8 Å². The van der Waals surface area contributed by atoms with E-state index in [0.717, 1.165) is 36.8 Å². The SMILES string of the molecule is O=C(Nc1ccc(-c2cnc(-c3ccc(NC(=O)[C@@H]4CCCN4C(=O)C4CCCO4)cc3)o2)cc1)[C@@H]1CCCN1C(=O)C1CCCO1. The molecule has 4 amide bonds. The lowest BCUT2D eigenvalue weighted by Crippen LogP contribution is -2.47. The van der Waals surface area contributed by atoms with Crippen LogP contribution in [0.5, 0.6) is 0 Å². The molecule has 4 aliphatic rings. The van der Waals surface area contributed by atoms with E-state index < -0.39 is 24.3 Å². The van der Waals surface area contributed by atoms with Crippen LogP contribution in [-0.2, 0) is 28.7 Å². The average Bonchev–Trinajstić information content (AvgIpc) is 3.93. The summed E-state index contributed by atoms with van der Waals surface area (Å²) in [5.41, 5.74) is 2.79. The van der Waals surface area contributed by atoms with Crippen LogP contribution in [0, 0.1) is 0 Å². The Hall–Kier alpha value is -4.55. The maximum absolute atomic E-state index is 13.1. The van der Waals surface area contributed by atoms with Crippen molar-refractivity contribution in [1.82, 2.24) is 14.8 Å². The summed E-state index contributed by atoms with van der Waals surface area (Å²) in [6.07, 6.45) is 6.77. The fourth-order valence-corrected chi connectivity index (χ4v) is 6.93. The van der Waals surface area contributed by atoms with Crippen molar-refractivity contribution in [2.24, 2.45) is 0 Å². The Morgan fingerprint density at radius 2 is 1.13 bits per heavy atom. The predicted octanol–water partition coefficient (Wildman–Crippen LogP) is 4.23. The number of rotatable bonds is 8. The van der Waals surface area contributed by atoms with Crippen LogP contribution in [0.4, 0.5) is 11.4 Å². The van der Waals surface area contributed by atoms with E-state index in [9.17, 15) is 19.2 Å². The highest BCUT2D eigenvalue weighted by atomic mass is 16.5. The number of oxazole rings is 1. The second-order valence-corrected chi connectivity index (χ2v) is 12.5. The number of carbonyl (C=O) groups excluding carboxylic acids is 4. The second-order valence-electron chi connectivity index (χ2n) is 12.5. The number of amides is 4. The standard InChI is InChI=1S/C35H39N5O7/c41-31(26-5-1-17-39(26)34(43)28-7-3-19-45-28)37-24-13-9-22(10-14-24)30-21-36-33(47-30)23-11-15-25(16-12-23)38-32(42)27-6-2-18-40(27)35(44)29-8-4-20-46-29/h9-16,21,26-29H,1-8,17-20H2,(H,37,41)(H,38,42)/t26-,27-,28?,29?/m0/s1. The van der Waals surface area contributed by atoms with E-state index in [1.54, 1.807) is 40.3 Å². The van der Waals surface area contributed by atoms with Gasteiger partial charge in [-0.2, -0.15) is 0 Å². The molecule has 47 heavy (non-hydrogen) atoms. The van der Waals surface area contributed by atoms with Crippen LogP contribution >= 0.6 is 0 Å². The minimum Gasteiger partial charge on any atom is -0.436 e. The van der Waals surface area contributed by atoms with Gasteiger partial charge in [0.05, 0.1) is 6.20 Å². The molecule has 0 spiro atoms. The lowest BCUT2D eigenvalue weighted by Gasteiger charge is -2.26. The van der Waals surface area contributed by atoms with E-state index in [0.29, 0.717) is 75.0 Å². The van der Waals surface area contributed by atoms with Crippen molar-refractivity contribution < 1.29 is 33.1 Å². The molecule has 4 aliphatic heterocycles. The van der Waals surface area contributed by atoms with Gasteiger partial charge in [-0.15, -0.1) is 0 Å². The summed E-state index contributed by atoms with van der Waals surface area (Å²) in [6, 6.07) is 13.5. The zero-order chi connectivity index (χ0) is 32.3. The minimum absolute atomic E-state index is 0.0881. The molecule has 4 atom stereocenters. The van der Waals surface area contributed by atoms with Crippen molar-refractivity contribution in [3.63, 3.8) is 0 Å². The highest BCUT2D eigenvalue weighted by molar-refractivity contribution is 5.99. The first-order valence-corrected chi connectivity index (χ1v) is 16.6. The van der Waals surface area contributed by atoms with Gasteiger partial charge in [0.2, 0.25) is 17.7 Å². The van der Waals surface area contributed by atoms with Gasteiger partial charge < -0.3 is 34.3 Å². The van der Waals surface area contributed by atoms with E-state index >= 15 is 0 Å². The molecule has 0 saturated carbocycles. The minimum atomic E-state index is -0.501. The Morgan fingerprint density at radius 3 is 1.60 bits per heavy atom. The highest BCUT2D eigenvalue weighted by Crippen LogP contribution is 2.30. The Balaban J connectivity index is 0.940. The molecule has 0 radical (unpaired) electrons. The lowest BCUT2D eigenvalue weighted by molar-refractivity contribution is -0.144. The number of nitrogens with one attached hydrogen (secondary N) is 2. The van der Waals surface area contributed by atoms with Gasteiger partial charge in [0.15, 0.2) is 5.76 Å². The number of likely N-dealkylation sites (tertiary alicyclic amines) is 2. The summed E-state index contributed by atoms with van der Waals surface area (Å²) in [6.45, 7) is 2.32. The Bertz CT molecular complexity index is 1490. The van der Waals surface area contributed by atoms with Crippen molar-refractivity contribution >= 4 is 35.0 Å². The van der Waals surface area contributed by atoms with Crippen molar-refractivity contribution in [1.29, 1.82) is 0 Å². The summed E-state index contributed by atoms with van der Waals surface area (Å²) >= 11 is 0. The van der Waals surface area contributed by atoms with E-state index in [2.05, 4.69) is 15.6 Å². The molecule has 3 aromatic rings. The van der Waals surface area contributed by atoms with Crippen LogP contribution in [0.15, 0.2) is 59.1 Å². The largest absolute Gasteiger partial charge is 0.436 e. The third-order valence-corrected chi connectivity index (χ3v) is 9.43. The van der Waals surface area contributed by atoms with Gasteiger partial charge in [-0.25, -0.2) is 4.98 Å². The third-order valence-electron chi connectivity index (χ3n) is 9.43. The number of anilines is 2. The van der Waals surface area contributed by atoms with Gasteiger partial charge in [-0.1, -0.05) is 0 Å². The molecule has 5 heterocycles. The van der Waals surface area contributed by atoms with E-state index in [4.69, 9.17) is 13.9 Å². The first-order chi connectivity index (χ1) is 22.9. The summed E-state index contributed by atoms with van der Waals surface area (Å²) in [4.78, 5) is 59.7. The number of carbonyl (C=O) groups is 4. The molecule has 2 N–H and O–H groups in total. The first kappa shape index (κ1) is 31.1. The van der Waals surface area contributed by atoms with Gasteiger partial charge in [0.1, 0.15) is 24.3 Å². The van der Waals surface area contributed by atoms with Gasteiger partial charge in [-0.05, 0) is 99.9 Å². The van der Waals surface area contributed by atoms with Gasteiger partial charge >= 0.3 is 0 Å². The quantitative estimate of drug-likeness (QED) is 0.372. The molecule has 246 valence electrons. The maximum Gasteiger partial charge on any atom is 0.252 e. The molecule has 2 unspecified atom stereocenters. The summed E-state index contributed by atoms with van der Waals surface area (Å²) in [5, 5.41) is 5.90. The fraction of sp³-hybridized carbons (Fsp3) is 0.457. The predicted molar refractivity (Wildman–Crippen MR) is 172 cm³/mol. The normalized spacial score (nSPS) is 24.1. The molecule has 12 heteroatoms. The fourth-order valence-electron chi connectivity index (χ4n) is 6.93. The molecular weight excluding hydrogens is 602 g/mol. The molecule has 2 aromatic carbocycles. The maximum atomic E-state index is 13.1. The highest BCUT2D eigenvalue weighted by Gasteiger charge is 2.39. The van der Waals surface area contributed by atoms with E-state index in [-0.39, 0.29) is 23.6 Å². The Morgan fingerprint density at radius 1 is 0.638 bits per heavy atom. The summed E-state index contributed by atoms with van der Waals surface area (Å²) < 4.78 is 17.1. The number of ether oxygens (including phenoxy) is 2. The third kappa shape index (κ3) is 6.66. The smallest absolute Gasteiger partial charge is 0.252 e.